The third-order valence-corrected chi connectivity index (χ3v) is 6.41. The summed E-state index contributed by atoms with van der Waals surface area (Å²) in [6.45, 7) is 4.22. The molecule has 4 N–H and O–H groups in total. The van der Waals surface area contributed by atoms with E-state index in [1.54, 1.807) is 4.57 Å². The Morgan fingerprint density at radius 3 is 2.88 bits per heavy atom. The summed E-state index contributed by atoms with van der Waals surface area (Å²) in [5.74, 6) is -0.0262. The molecule has 0 amide bonds. The summed E-state index contributed by atoms with van der Waals surface area (Å²) in [5.41, 5.74) is 5.77. The van der Waals surface area contributed by atoms with Gasteiger partial charge in [-0.1, -0.05) is 0 Å². The Kier molecular flexibility index (Phi) is 6.99. The van der Waals surface area contributed by atoms with Crippen LogP contribution in [0.3, 0.4) is 0 Å². The number of fused-ring (bicyclic) bond motifs is 1. The Hall–Kier alpha value is -1.82. The number of aromatic amines is 1. The number of nitrogens with two attached hydrogens (primary N) is 1. The van der Waals surface area contributed by atoms with E-state index in [1.807, 2.05) is 0 Å². The maximum absolute atomic E-state index is 12.1. The standard InChI is InChI=1S/C19H30N5O7P/c1-11-3-4-13(30-11)8-28-6-5-12-7-14(9-29-32(2,26)27)31-18(12)24-10-21-15-16(24)22-19(20)23-17(15)25/h10-14,18H,3-9H2,1-2H3,(H,26,27)(H3,20,22,23,25)/t11?,12-,13?,14?,18?/m1/s1. The third kappa shape index (κ3) is 5.56. The van der Waals surface area contributed by atoms with Crippen LogP contribution in [0.5, 0.6) is 0 Å². The van der Waals surface area contributed by atoms with Gasteiger partial charge in [-0.3, -0.25) is 18.9 Å². The molecular weight excluding hydrogens is 441 g/mol. The Morgan fingerprint density at radius 1 is 1.34 bits per heavy atom. The van der Waals surface area contributed by atoms with Crippen LogP contribution in [0.1, 0.15) is 38.8 Å². The van der Waals surface area contributed by atoms with Gasteiger partial charge in [0.2, 0.25) is 5.95 Å². The van der Waals surface area contributed by atoms with Crippen LogP contribution in [0, 0.1) is 5.92 Å². The molecule has 0 aromatic carbocycles. The fourth-order valence-electron chi connectivity index (χ4n) is 4.29. The van der Waals surface area contributed by atoms with E-state index in [0.29, 0.717) is 31.7 Å². The number of nitrogen functional groups attached to an aromatic ring is 1. The van der Waals surface area contributed by atoms with Crippen LogP contribution in [0.4, 0.5) is 5.95 Å². The molecule has 6 atom stereocenters. The molecule has 2 aliphatic heterocycles. The summed E-state index contributed by atoms with van der Waals surface area (Å²) in [4.78, 5) is 32.4. The monoisotopic (exact) mass is 471 g/mol. The third-order valence-electron chi connectivity index (χ3n) is 5.78. The van der Waals surface area contributed by atoms with Crippen molar-refractivity contribution >= 4 is 24.7 Å². The van der Waals surface area contributed by atoms with Gasteiger partial charge in [-0.05, 0) is 32.6 Å². The highest BCUT2D eigenvalue weighted by Crippen LogP contribution is 2.41. The zero-order valence-corrected chi connectivity index (χ0v) is 19.1. The van der Waals surface area contributed by atoms with Crippen LogP contribution in [0.2, 0.25) is 0 Å². The smallest absolute Gasteiger partial charge is 0.325 e. The Bertz CT molecular complexity index is 1040. The van der Waals surface area contributed by atoms with Crippen LogP contribution < -0.4 is 11.3 Å². The number of ether oxygens (including phenoxy) is 3. The second kappa shape index (κ2) is 9.58. The SMILES string of the molecule is CC1CCC(COCC[C@@H]2CC(COP(C)(=O)O)OC2n2cnc3c(=O)[nH]c(N)nc32)O1. The fraction of sp³-hybridized carbons (Fsp3) is 0.737. The first-order chi connectivity index (χ1) is 15.2. The van der Waals surface area contributed by atoms with Crippen molar-refractivity contribution in [1.82, 2.24) is 19.5 Å². The number of aromatic nitrogens is 4. The minimum Gasteiger partial charge on any atom is -0.379 e. The van der Waals surface area contributed by atoms with Gasteiger partial charge < -0.3 is 29.4 Å². The molecule has 0 spiro atoms. The molecule has 0 saturated carbocycles. The lowest BCUT2D eigenvalue weighted by Gasteiger charge is -2.21. The van der Waals surface area contributed by atoms with Crippen molar-refractivity contribution in [2.24, 2.45) is 5.92 Å². The van der Waals surface area contributed by atoms with E-state index in [-0.39, 0.29) is 36.2 Å². The maximum atomic E-state index is 12.1. The van der Waals surface area contributed by atoms with Gasteiger partial charge in [0.15, 0.2) is 11.2 Å². The Balaban J connectivity index is 1.46. The molecule has 0 radical (unpaired) electrons. The predicted octanol–water partition coefficient (Wildman–Crippen LogP) is 1.41. The van der Waals surface area contributed by atoms with Gasteiger partial charge >= 0.3 is 7.60 Å². The lowest BCUT2D eigenvalue weighted by molar-refractivity contribution is -0.0368. The summed E-state index contributed by atoms with van der Waals surface area (Å²) in [6.07, 6.45) is 4.30. The molecular formula is C19H30N5O7P. The van der Waals surface area contributed by atoms with Crippen LogP contribution in [0.15, 0.2) is 11.1 Å². The molecule has 178 valence electrons. The molecule has 2 saturated heterocycles. The first-order valence-electron chi connectivity index (χ1n) is 10.8. The van der Waals surface area contributed by atoms with Gasteiger partial charge in [-0.15, -0.1) is 0 Å². The van der Waals surface area contributed by atoms with Crippen molar-refractivity contribution in [3.8, 4) is 0 Å². The number of H-pyrrole nitrogens is 1. The normalized spacial score (nSPS) is 30.2. The molecule has 12 nitrogen and oxygen atoms in total. The van der Waals surface area contributed by atoms with Gasteiger partial charge in [0, 0.05) is 19.2 Å². The number of rotatable bonds is 9. The first kappa shape index (κ1) is 23.3. The molecule has 2 aromatic rings. The van der Waals surface area contributed by atoms with Crippen LogP contribution in [0.25, 0.3) is 11.2 Å². The summed E-state index contributed by atoms with van der Waals surface area (Å²) in [7, 11) is -3.63. The Labute approximate surface area is 185 Å². The van der Waals surface area contributed by atoms with Gasteiger partial charge in [0.05, 0.1) is 37.9 Å². The number of nitrogens with one attached hydrogen (secondary N) is 1. The topological polar surface area (TPSA) is 164 Å². The van der Waals surface area contributed by atoms with Crippen LogP contribution >= 0.6 is 7.60 Å². The highest BCUT2D eigenvalue weighted by Gasteiger charge is 2.38. The van der Waals surface area contributed by atoms with E-state index in [1.165, 1.54) is 6.33 Å². The van der Waals surface area contributed by atoms with E-state index in [9.17, 15) is 14.3 Å². The van der Waals surface area contributed by atoms with Crippen LogP contribution in [-0.2, 0) is 23.3 Å². The lowest BCUT2D eigenvalue weighted by atomic mass is 10.00. The average molecular weight is 471 g/mol. The predicted molar refractivity (Wildman–Crippen MR) is 115 cm³/mol. The van der Waals surface area contributed by atoms with E-state index in [2.05, 4.69) is 21.9 Å². The zero-order chi connectivity index (χ0) is 22.9. The van der Waals surface area contributed by atoms with Gasteiger partial charge in [0.1, 0.15) is 6.23 Å². The highest BCUT2D eigenvalue weighted by molar-refractivity contribution is 7.51. The van der Waals surface area contributed by atoms with Crippen molar-refractivity contribution in [1.29, 1.82) is 0 Å². The van der Waals surface area contributed by atoms with Crippen molar-refractivity contribution in [3.05, 3.63) is 16.7 Å². The summed E-state index contributed by atoms with van der Waals surface area (Å²) in [5, 5.41) is 0. The number of anilines is 1. The molecule has 2 aliphatic rings. The van der Waals surface area contributed by atoms with Gasteiger partial charge in [-0.2, -0.15) is 4.98 Å². The van der Waals surface area contributed by atoms with E-state index >= 15 is 0 Å². The molecule has 4 rings (SSSR count). The Morgan fingerprint density at radius 2 is 2.16 bits per heavy atom. The molecule has 32 heavy (non-hydrogen) atoms. The van der Waals surface area contributed by atoms with E-state index in [4.69, 9.17) is 24.5 Å². The average Bonchev–Trinajstić information content (AvgIpc) is 3.41. The van der Waals surface area contributed by atoms with E-state index in [0.717, 1.165) is 19.5 Å². The molecule has 13 heteroatoms. The summed E-state index contributed by atoms with van der Waals surface area (Å²) >= 11 is 0. The minimum atomic E-state index is -3.63. The zero-order valence-electron chi connectivity index (χ0n) is 18.2. The maximum Gasteiger partial charge on any atom is 0.325 e. The summed E-state index contributed by atoms with van der Waals surface area (Å²) < 4.78 is 36.1. The lowest BCUT2D eigenvalue weighted by Crippen LogP contribution is -2.20. The van der Waals surface area contributed by atoms with Crippen molar-refractivity contribution in [2.75, 3.05) is 32.2 Å². The summed E-state index contributed by atoms with van der Waals surface area (Å²) in [6, 6.07) is 0. The molecule has 0 aliphatic carbocycles. The molecule has 2 fully saturated rings. The number of hydrogen-bond donors (Lipinski definition) is 3. The highest BCUT2D eigenvalue weighted by atomic mass is 31.2. The second-order valence-corrected chi connectivity index (χ2v) is 10.4. The van der Waals surface area contributed by atoms with Gasteiger partial charge in [0.25, 0.3) is 5.56 Å². The van der Waals surface area contributed by atoms with Crippen molar-refractivity contribution < 1.29 is 28.2 Å². The first-order valence-corrected chi connectivity index (χ1v) is 12.8. The molecule has 0 bridgehead atoms. The molecule has 5 unspecified atom stereocenters. The van der Waals surface area contributed by atoms with Crippen molar-refractivity contribution in [3.63, 3.8) is 0 Å². The quantitative estimate of drug-likeness (QED) is 0.360. The second-order valence-electron chi connectivity index (χ2n) is 8.53. The fourth-order valence-corrected chi connectivity index (χ4v) is 4.73. The number of hydrogen-bond acceptors (Lipinski definition) is 9. The van der Waals surface area contributed by atoms with Crippen LogP contribution in [-0.4, -0.2) is 69.2 Å². The largest absolute Gasteiger partial charge is 0.379 e. The molecule has 4 heterocycles. The molecule has 2 aromatic heterocycles. The number of nitrogens with zero attached hydrogens (tertiary/aromatic N) is 3. The number of imidazole rings is 1. The van der Waals surface area contributed by atoms with Crippen molar-refractivity contribution in [2.45, 2.75) is 57.1 Å². The van der Waals surface area contributed by atoms with Gasteiger partial charge in [-0.25, -0.2) is 4.98 Å². The van der Waals surface area contributed by atoms with E-state index < -0.39 is 25.5 Å². The minimum absolute atomic E-state index is 0.0123.